The van der Waals surface area contributed by atoms with Crippen molar-refractivity contribution in [3.63, 3.8) is 0 Å². The van der Waals surface area contributed by atoms with Gasteiger partial charge in [0, 0.05) is 30.9 Å². The normalized spacial score (nSPS) is 19.4. The molecular formula is C18H30N2. The maximum absolute atomic E-state index is 3.49. The van der Waals surface area contributed by atoms with Crippen LogP contribution in [0.15, 0.2) is 18.2 Å². The van der Waals surface area contributed by atoms with Gasteiger partial charge in [-0.3, -0.25) is 0 Å². The molecule has 1 atom stereocenters. The van der Waals surface area contributed by atoms with Crippen molar-refractivity contribution in [1.82, 2.24) is 5.32 Å². The van der Waals surface area contributed by atoms with Gasteiger partial charge in [0.2, 0.25) is 0 Å². The van der Waals surface area contributed by atoms with Gasteiger partial charge in [0.1, 0.15) is 0 Å². The molecule has 0 amide bonds. The Morgan fingerprint density at radius 2 is 2.00 bits per heavy atom. The van der Waals surface area contributed by atoms with Gasteiger partial charge in [0.25, 0.3) is 0 Å². The molecule has 1 aromatic carbocycles. The molecule has 1 aliphatic heterocycles. The third kappa shape index (κ3) is 3.54. The van der Waals surface area contributed by atoms with Crippen LogP contribution in [-0.2, 0) is 6.54 Å². The van der Waals surface area contributed by atoms with Crippen LogP contribution in [0.5, 0.6) is 0 Å². The van der Waals surface area contributed by atoms with E-state index in [-0.39, 0.29) is 0 Å². The fourth-order valence-electron chi connectivity index (χ4n) is 3.26. The number of aryl methyl sites for hydroxylation is 1. The molecule has 20 heavy (non-hydrogen) atoms. The second-order valence-electron chi connectivity index (χ2n) is 6.80. The van der Waals surface area contributed by atoms with Crippen molar-refractivity contribution < 1.29 is 0 Å². The highest BCUT2D eigenvalue weighted by molar-refractivity contribution is 5.56. The van der Waals surface area contributed by atoms with E-state index in [0.29, 0.717) is 12.1 Å². The minimum Gasteiger partial charge on any atom is -0.368 e. The highest BCUT2D eigenvalue weighted by Crippen LogP contribution is 2.32. The van der Waals surface area contributed by atoms with Crippen LogP contribution >= 0.6 is 0 Å². The van der Waals surface area contributed by atoms with Crippen LogP contribution in [0.3, 0.4) is 0 Å². The van der Waals surface area contributed by atoms with Crippen LogP contribution in [0.4, 0.5) is 5.69 Å². The molecule has 0 aromatic heterocycles. The lowest BCUT2D eigenvalue weighted by Crippen LogP contribution is -2.33. The summed E-state index contributed by atoms with van der Waals surface area (Å²) in [6.45, 7) is 13.5. The van der Waals surface area contributed by atoms with Gasteiger partial charge in [0.05, 0.1) is 0 Å². The van der Waals surface area contributed by atoms with Crippen LogP contribution in [0.1, 0.15) is 51.7 Å². The summed E-state index contributed by atoms with van der Waals surface area (Å²) in [4.78, 5) is 2.62. The number of hydrogen-bond acceptors (Lipinski definition) is 2. The number of hydrogen-bond donors (Lipinski definition) is 1. The van der Waals surface area contributed by atoms with Crippen LogP contribution in [-0.4, -0.2) is 18.6 Å². The predicted octanol–water partition coefficient (Wildman–Crippen LogP) is 4.12. The lowest BCUT2D eigenvalue weighted by Gasteiger charge is -2.31. The summed E-state index contributed by atoms with van der Waals surface area (Å²) >= 11 is 0. The molecule has 1 heterocycles. The molecule has 0 saturated carbocycles. The van der Waals surface area contributed by atoms with Crippen molar-refractivity contribution in [2.24, 2.45) is 5.92 Å². The standard InChI is InChI=1S/C18H30N2/c1-13(2)17-7-6-10-20(17)18-9-8-16(11-15(18)5)12-19-14(3)4/h8-9,11,13-14,17,19H,6-7,10,12H2,1-5H3. The quantitative estimate of drug-likeness (QED) is 0.869. The summed E-state index contributed by atoms with van der Waals surface area (Å²) in [6, 6.07) is 8.22. The third-order valence-corrected chi connectivity index (χ3v) is 4.35. The smallest absolute Gasteiger partial charge is 0.0398 e. The minimum atomic E-state index is 0.541. The van der Waals surface area contributed by atoms with E-state index in [1.54, 1.807) is 0 Å². The van der Waals surface area contributed by atoms with Crippen LogP contribution in [0.2, 0.25) is 0 Å². The molecule has 2 nitrogen and oxygen atoms in total. The monoisotopic (exact) mass is 274 g/mol. The fourth-order valence-corrected chi connectivity index (χ4v) is 3.26. The molecule has 1 aliphatic rings. The van der Waals surface area contributed by atoms with Gasteiger partial charge in [-0.2, -0.15) is 0 Å². The van der Waals surface area contributed by atoms with E-state index in [1.807, 2.05) is 0 Å². The fraction of sp³-hybridized carbons (Fsp3) is 0.667. The molecule has 0 spiro atoms. The highest BCUT2D eigenvalue weighted by Gasteiger charge is 2.27. The van der Waals surface area contributed by atoms with Crippen molar-refractivity contribution in [2.75, 3.05) is 11.4 Å². The van der Waals surface area contributed by atoms with Gasteiger partial charge in [-0.05, 0) is 42.9 Å². The topological polar surface area (TPSA) is 15.3 Å². The van der Waals surface area contributed by atoms with Gasteiger partial charge < -0.3 is 10.2 Å². The predicted molar refractivity (Wildman–Crippen MR) is 88.4 cm³/mol. The average Bonchev–Trinajstić information content (AvgIpc) is 2.85. The molecule has 1 fully saturated rings. The Hall–Kier alpha value is -1.02. The molecule has 1 unspecified atom stereocenters. The van der Waals surface area contributed by atoms with Gasteiger partial charge in [0.15, 0.2) is 0 Å². The highest BCUT2D eigenvalue weighted by atomic mass is 15.2. The Kier molecular flexibility index (Phi) is 5.09. The SMILES string of the molecule is Cc1cc(CNC(C)C)ccc1N1CCCC1C(C)C. The minimum absolute atomic E-state index is 0.541. The second kappa shape index (κ2) is 6.62. The maximum Gasteiger partial charge on any atom is 0.0398 e. The van der Waals surface area contributed by atoms with Crippen LogP contribution in [0, 0.1) is 12.8 Å². The number of anilines is 1. The van der Waals surface area contributed by atoms with E-state index in [9.17, 15) is 0 Å². The van der Waals surface area contributed by atoms with E-state index < -0.39 is 0 Å². The number of nitrogens with zero attached hydrogens (tertiary/aromatic N) is 1. The van der Waals surface area contributed by atoms with E-state index in [4.69, 9.17) is 0 Å². The summed E-state index contributed by atoms with van der Waals surface area (Å²) in [7, 11) is 0. The lowest BCUT2D eigenvalue weighted by molar-refractivity contribution is 0.491. The summed E-state index contributed by atoms with van der Waals surface area (Å²) in [5.41, 5.74) is 4.25. The Labute approximate surface area is 124 Å². The average molecular weight is 274 g/mol. The summed E-state index contributed by atoms with van der Waals surface area (Å²) in [5, 5.41) is 3.49. The van der Waals surface area contributed by atoms with Gasteiger partial charge >= 0.3 is 0 Å². The first-order valence-corrected chi connectivity index (χ1v) is 8.08. The first-order valence-electron chi connectivity index (χ1n) is 8.08. The van der Waals surface area contributed by atoms with Crippen molar-refractivity contribution in [1.29, 1.82) is 0 Å². The molecule has 2 heteroatoms. The molecule has 0 bridgehead atoms. The molecule has 2 rings (SSSR count). The van der Waals surface area contributed by atoms with Crippen molar-refractivity contribution in [3.8, 4) is 0 Å². The van der Waals surface area contributed by atoms with Gasteiger partial charge in [-0.1, -0.05) is 39.8 Å². The summed E-state index contributed by atoms with van der Waals surface area (Å²) in [6.07, 6.45) is 2.67. The third-order valence-electron chi connectivity index (χ3n) is 4.35. The molecular weight excluding hydrogens is 244 g/mol. The first kappa shape index (κ1) is 15.4. The van der Waals surface area contributed by atoms with Gasteiger partial charge in [-0.25, -0.2) is 0 Å². The van der Waals surface area contributed by atoms with E-state index in [1.165, 1.54) is 36.2 Å². The first-order chi connectivity index (χ1) is 9.49. The van der Waals surface area contributed by atoms with Crippen molar-refractivity contribution >= 4 is 5.69 Å². The van der Waals surface area contributed by atoms with Crippen LogP contribution in [0.25, 0.3) is 0 Å². The van der Waals surface area contributed by atoms with E-state index >= 15 is 0 Å². The largest absolute Gasteiger partial charge is 0.368 e. The Bertz CT molecular complexity index is 437. The Balaban J connectivity index is 2.13. The molecule has 112 valence electrons. The zero-order chi connectivity index (χ0) is 14.7. The number of rotatable bonds is 5. The van der Waals surface area contributed by atoms with Gasteiger partial charge in [-0.15, -0.1) is 0 Å². The summed E-state index contributed by atoms with van der Waals surface area (Å²) < 4.78 is 0. The molecule has 0 aliphatic carbocycles. The number of nitrogens with one attached hydrogen (secondary N) is 1. The second-order valence-corrected chi connectivity index (χ2v) is 6.80. The van der Waals surface area contributed by atoms with Crippen molar-refractivity contribution in [3.05, 3.63) is 29.3 Å². The van der Waals surface area contributed by atoms with E-state index in [2.05, 4.69) is 63.0 Å². The van der Waals surface area contributed by atoms with E-state index in [0.717, 1.165) is 12.5 Å². The summed E-state index contributed by atoms with van der Waals surface area (Å²) in [5.74, 6) is 0.735. The molecule has 1 saturated heterocycles. The van der Waals surface area contributed by atoms with Crippen molar-refractivity contribution in [2.45, 2.75) is 66.1 Å². The number of benzene rings is 1. The molecule has 1 aromatic rings. The maximum atomic E-state index is 3.49. The zero-order valence-electron chi connectivity index (χ0n) is 13.7. The molecule has 0 radical (unpaired) electrons. The zero-order valence-corrected chi connectivity index (χ0v) is 13.7. The molecule has 1 N–H and O–H groups in total. The Morgan fingerprint density at radius 3 is 2.60 bits per heavy atom. The Morgan fingerprint density at radius 1 is 1.25 bits per heavy atom. The van der Waals surface area contributed by atoms with Crippen LogP contribution < -0.4 is 10.2 Å². The lowest BCUT2D eigenvalue weighted by atomic mass is 10.0.